The lowest BCUT2D eigenvalue weighted by Gasteiger charge is -2.19. The summed E-state index contributed by atoms with van der Waals surface area (Å²) >= 11 is 0. The molecule has 0 fully saturated rings. The average Bonchev–Trinajstić information content (AvgIpc) is 2.36. The van der Waals surface area contributed by atoms with E-state index in [1.165, 1.54) is 0 Å². The van der Waals surface area contributed by atoms with Gasteiger partial charge in [0.2, 0.25) is 0 Å². The maximum Gasteiger partial charge on any atom is 0.407 e. The highest BCUT2D eigenvalue weighted by Gasteiger charge is 2.17. The maximum atomic E-state index is 13.6. The van der Waals surface area contributed by atoms with E-state index in [0.29, 0.717) is 0 Å². The smallest absolute Gasteiger partial charge is 0.407 e. The molecule has 0 radical (unpaired) electrons. The lowest BCUT2D eigenvalue weighted by molar-refractivity contribution is 0.00619. The summed E-state index contributed by atoms with van der Waals surface area (Å²) in [5, 5.41) is 10.8. The Labute approximate surface area is 121 Å². The number of esters is 1. The van der Waals surface area contributed by atoms with Crippen LogP contribution in [0.5, 0.6) is 0 Å². The average molecular weight is 300 g/mol. The lowest BCUT2D eigenvalue weighted by Crippen LogP contribution is -2.32. The largest absolute Gasteiger partial charge is 0.444 e. The van der Waals surface area contributed by atoms with Gasteiger partial charge in [-0.25, -0.2) is 19.0 Å². The van der Waals surface area contributed by atoms with Gasteiger partial charge in [0, 0.05) is 0 Å². The molecule has 1 amide bonds. The molecule has 0 aliphatic heterocycles. The fourth-order valence-corrected chi connectivity index (χ4v) is 1.32. The number of nitrogens with one attached hydrogen (secondary N) is 1. The monoisotopic (exact) mass is 300 g/mol. The Balaban J connectivity index is 2.72. The van der Waals surface area contributed by atoms with Crippen LogP contribution in [0.1, 0.15) is 37.0 Å². The molecule has 116 valence electrons. The van der Waals surface area contributed by atoms with E-state index in [0.717, 1.165) is 12.1 Å². The van der Waals surface area contributed by atoms with Gasteiger partial charge in [-0.1, -0.05) is 0 Å². The molecule has 1 aromatic rings. The van der Waals surface area contributed by atoms with Gasteiger partial charge in [-0.05, 0) is 32.9 Å². The molecule has 0 saturated carbocycles. The molecule has 1 heterocycles. The van der Waals surface area contributed by atoms with Crippen molar-refractivity contribution in [3.63, 3.8) is 0 Å². The summed E-state index contributed by atoms with van der Waals surface area (Å²) in [6, 6.07) is 2.14. The quantitative estimate of drug-likeness (QED) is 0.643. The number of pyridine rings is 1. The second-order valence-corrected chi connectivity index (χ2v) is 5.04. The molecular weight excluding hydrogens is 283 g/mol. The van der Waals surface area contributed by atoms with Crippen LogP contribution in [-0.4, -0.2) is 34.5 Å². The zero-order valence-corrected chi connectivity index (χ0v) is 12.0. The predicted molar refractivity (Wildman–Crippen MR) is 69.8 cm³/mol. The lowest BCUT2D eigenvalue weighted by atomic mass is 10.2. The number of aliphatic hydroxyl groups is 1. The number of halogens is 1. The van der Waals surface area contributed by atoms with E-state index in [1.54, 1.807) is 20.8 Å². The second kappa shape index (κ2) is 6.98. The highest BCUT2D eigenvalue weighted by Crippen LogP contribution is 2.09. The van der Waals surface area contributed by atoms with Crippen molar-refractivity contribution in [1.82, 2.24) is 10.3 Å². The van der Waals surface area contributed by atoms with Crippen LogP contribution < -0.4 is 5.32 Å². The second-order valence-electron chi connectivity index (χ2n) is 5.04. The third-order valence-corrected chi connectivity index (χ3v) is 2.12. The SMILES string of the molecule is CC(C)(C)OC(=O)NCc1nc(C(=O)OCO)ccc1F. The predicted octanol–water partition coefficient (Wildman–Crippen LogP) is 1.35. The first-order valence-electron chi connectivity index (χ1n) is 6.13. The molecule has 1 rings (SSSR count). The molecule has 0 saturated heterocycles. The molecule has 0 aliphatic rings. The summed E-state index contributed by atoms with van der Waals surface area (Å²) in [6.45, 7) is 4.02. The number of ether oxygens (including phenoxy) is 2. The molecule has 0 aromatic carbocycles. The minimum atomic E-state index is -0.893. The molecular formula is C13H17FN2O5. The Morgan fingerprint density at radius 1 is 1.38 bits per heavy atom. The third kappa shape index (κ3) is 5.74. The highest BCUT2D eigenvalue weighted by molar-refractivity contribution is 5.87. The maximum absolute atomic E-state index is 13.6. The van der Waals surface area contributed by atoms with E-state index in [2.05, 4.69) is 15.0 Å². The first-order valence-corrected chi connectivity index (χ1v) is 6.13. The Morgan fingerprint density at radius 2 is 2.05 bits per heavy atom. The number of carbonyl (C=O) groups excluding carboxylic acids is 2. The van der Waals surface area contributed by atoms with Crippen LogP contribution in [0.2, 0.25) is 0 Å². The van der Waals surface area contributed by atoms with Crippen LogP contribution in [-0.2, 0) is 16.0 Å². The molecule has 0 spiro atoms. The van der Waals surface area contributed by atoms with E-state index < -0.39 is 30.3 Å². The van der Waals surface area contributed by atoms with Gasteiger partial charge in [0.15, 0.2) is 6.79 Å². The fraction of sp³-hybridized carbons (Fsp3) is 0.462. The number of aliphatic hydroxyl groups excluding tert-OH is 1. The Kier molecular flexibility index (Phi) is 5.60. The molecule has 21 heavy (non-hydrogen) atoms. The van der Waals surface area contributed by atoms with Gasteiger partial charge in [0.05, 0.1) is 12.2 Å². The summed E-state index contributed by atoms with van der Waals surface area (Å²) < 4.78 is 22.9. The van der Waals surface area contributed by atoms with Crippen LogP contribution in [0.4, 0.5) is 9.18 Å². The van der Waals surface area contributed by atoms with Gasteiger partial charge in [-0.2, -0.15) is 0 Å². The number of nitrogens with zero attached hydrogens (tertiary/aromatic N) is 1. The van der Waals surface area contributed by atoms with Crippen LogP contribution in [0.25, 0.3) is 0 Å². The number of hydrogen-bond acceptors (Lipinski definition) is 6. The van der Waals surface area contributed by atoms with Gasteiger partial charge < -0.3 is 19.9 Å². The van der Waals surface area contributed by atoms with Crippen molar-refractivity contribution in [2.45, 2.75) is 32.9 Å². The van der Waals surface area contributed by atoms with E-state index in [4.69, 9.17) is 9.84 Å². The fourth-order valence-electron chi connectivity index (χ4n) is 1.32. The van der Waals surface area contributed by atoms with Crippen LogP contribution in [0.15, 0.2) is 12.1 Å². The molecule has 0 unspecified atom stereocenters. The van der Waals surface area contributed by atoms with Gasteiger partial charge in [-0.3, -0.25) is 0 Å². The molecule has 2 N–H and O–H groups in total. The van der Waals surface area contributed by atoms with Crippen LogP contribution in [0.3, 0.4) is 0 Å². The minimum Gasteiger partial charge on any atom is -0.444 e. The van der Waals surface area contributed by atoms with Crippen molar-refractivity contribution >= 4 is 12.1 Å². The molecule has 0 aliphatic carbocycles. The number of amides is 1. The first-order chi connectivity index (χ1) is 9.73. The van der Waals surface area contributed by atoms with Gasteiger partial charge in [0.1, 0.15) is 17.1 Å². The van der Waals surface area contributed by atoms with Crippen molar-refractivity contribution in [3.05, 3.63) is 29.3 Å². The van der Waals surface area contributed by atoms with E-state index in [-0.39, 0.29) is 17.9 Å². The molecule has 1 aromatic heterocycles. The Morgan fingerprint density at radius 3 is 2.62 bits per heavy atom. The molecule has 8 heteroatoms. The van der Waals surface area contributed by atoms with Gasteiger partial charge in [-0.15, -0.1) is 0 Å². The standard InChI is InChI=1S/C13H17FN2O5/c1-13(2,3)21-12(19)15-6-10-8(14)4-5-9(16-10)11(18)20-7-17/h4-5,17H,6-7H2,1-3H3,(H,15,19). The molecule has 7 nitrogen and oxygen atoms in total. The normalized spacial score (nSPS) is 10.9. The zero-order valence-electron chi connectivity index (χ0n) is 12.0. The summed E-state index contributed by atoms with van der Waals surface area (Å²) in [7, 11) is 0. The first kappa shape index (κ1) is 16.8. The summed E-state index contributed by atoms with van der Waals surface area (Å²) in [5.41, 5.74) is -0.997. The van der Waals surface area contributed by atoms with Crippen molar-refractivity contribution in [3.8, 4) is 0 Å². The number of carbonyl (C=O) groups is 2. The number of hydrogen-bond donors (Lipinski definition) is 2. The summed E-state index contributed by atoms with van der Waals surface area (Å²) in [4.78, 5) is 26.5. The molecule has 0 atom stereocenters. The summed E-state index contributed by atoms with van der Waals surface area (Å²) in [6.07, 6.45) is -0.730. The highest BCUT2D eigenvalue weighted by atomic mass is 19.1. The Bertz CT molecular complexity index is 528. The van der Waals surface area contributed by atoms with E-state index >= 15 is 0 Å². The minimum absolute atomic E-state index is 0.145. The van der Waals surface area contributed by atoms with Crippen LogP contribution in [0, 0.1) is 5.82 Å². The number of alkyl carbamates (subject to hydrolysis) is 1. The van der Waals surface area contributed by atoms with Gasteiger partial charge >= 0.3 is 12.1 Å². The topological polar surface area (TPSA) is 97.8 Å². The van der Waals surface area contributed by atoms with Crippen molar-refractivity contribution in [2.75, 3.05) is 6.79 Å². The van der Waals surface area contributed by atoms with Crippen molar-refractivity contribution < 1.29 is 28.6 Å². The van der Waals surface area contributed by atoms with Crippen molar-refractivity contribution in [2.24, 2.45) is 0 Å². The van der Waals surface area contributed by atoms with Crippen LogP contribution >= 0.6 is 0 Å². The van der Waals surface area contributed by atoms with E-state index in [9.17, 15) is 14.0 Å². The number of aromatic nitrogens is 1. The van der Waals surface area contributed by atoms with Gasteiger partial charge in [0.25, 0.3) is 0 Å². The third-order valence-electron chi connectivity index (χ3n) is 2.12. The zero-order chi connectivity index (χ0) is 16.0. The summed E-state index contributed by atoms with van der Waals surface area (Å²) in [5.74, 6) is -1.58. The van der Waals surface area contributed by atoms with E-state index in [1.807, 2.05) is 0 Å². The van der Waals surface area contributed by atoms with Crippen molar-refractivity contribution in [1.29, 1.82) is 0 Å². The molecule has 0 bridgehead atoms. The Hall–Kier alpha value is -2.22. The number of rotatable bonds is 4.